The molecule has 8 heteroatoms. The van der Waals surface area contributed by atoms with Crippen molar-refractivity contribution in [2.24, 2.45) is 5.73 Å². The molecule has 0 aliphatic heterocycles. The van der Waals surface area contributed by atoms with E-state index in [4.69, 9.17) is 15.6 Å². The smallest absolute Gasteiger partial charge is 0.415 e. The first-order chi connectivity index (χ1) is 9.01. The van der Waals surface area contributed by atoms with Crippen LogP contribution in [0, 0.1) is 0 Å². The van der Waals surface area contributed by atoms with Crippen LogP contribution >= 0.6 is 0 Å². The van der Waals surface area contributed by atoms with Gasteiger partial charge in [0.25, 0.3) is 0 Å². The van der Waals surface area contributed by atoms with Gasteiger partial charge in [-0.1, -0.05) is 13.3 Å². The van der Waals surface area contributed by atoms with Gasteiger partial charge in [0.1, 0.15) is 6.04 Å². The zero-order valence-electron chi connectivity index (χ0n) is 11.0. The number of alkyl carbamates (subject to hydrolysis) is 1. The Morgan fingerprint density at radius 2 is 2.00 bits per heavy atom. The second kappa shape index (κ2) is 10.1. The molecule has 0 unspecified atom stereocenters. The van der Waals surface area contributed by atoms with E-state index in [0.29, 0.717) is 19.4 Å². The Hall–Kier alpha value is -1.83. The molecule has 0 aromatic heterocycles. The third-order valence-electron chi connectivity index (χ3n) is 2.25. The summed E-state index contributed by atoms with van der Waals surface area (Å²) >= 11 is 0. The number of carboxylic acid groups (broad SMARTS) is 1. The summed E-state index contributed by atoms with van der Waals surface area (Å²) in [6.07, 6.45) is 1.32. The molecule has 19 heavy (non-hydrogen) atoms. The van der Waals surface area contributed by atoms with Gasteiger partial charge in [-0.2, -0.15) is 0 Å². The summed E-state index contributed by atoms with van der Waals surface area (Å²) in [5.74, 6) is -1.18. The molecule has 0 saturated carbocycles. The summed E-state index contributed by atoms with van der Waals surface area (Å²) < 4.78 is 4.70. The van der Waals surface area contributed by atoms with Gasteiger partial charge in [-0.05, 0) is 25.8 Å². The lowest BCUT2D eigenvalue weighted by molar-refractivity contribution is -0.139. The lowest BCUT2D eigenvalue weighted by Gasteiger charge is -2.14. The monoisotopic (exact) mass is 275 g/mol. The Balaban J connectivity index is 4.04. The SMILES string of the molecule is CCCCOC(=O)NC(=O)N[C@@H](CCCN)C(=O)O. The van der Waals surface area contributed by atoms with Crippen LogP contribution in [0.5, 0.6) is 0 Å². The minimum absolute atomic E-state index is 0.199. The highest BCUT2D eigenvalue weighted by molar-refractivity contribution is 5.92. The fourth-order valence-electron chi connectivity index (χ4n) is 1.21. The van der Waals surface area contributed by atoms with E-state index in [9.17, 15) is 14.4 Å². The molecule has 0 aromatic rings. The average Bonchev–Trinajstić information content (AvgIpc) is 2.34. The minimum Gasteiger partial charge on any atom is -0.480 e. The molecule has 3 amide bonds. The molecule has 0 heterocycles. The maximum atomic E-state index is 11.3. The Morgan fingerprint density at radius 1 is 1.32 bits per heavy atom. The number of aliphatic carboxylic acids is 1. The largest absolute Gasteiger partial charge is 0.480 e. The number of amides is 3. The van der Waals surface area contributed by atoms with E-state index in [1.807, 2.05) is 12.2 Å². The molecule has 0 fully saturated rings. The van der Waals surface area contributed by atoms with E-state index in [-0.39, 0.29) is 13.0 Å². The van der Waals surface area contributed by atoms with Crippen LogP contribution in [0.2, 0.25) is 0 Å². The number of rotatable bonds is 8. The van der Waals surface area contributed by atoms with Crippen LogP contribution in [0.4, 0.5) is 9.59 Å². The summed E-state index contributed by atoms with van der Waals surface area (Å²) in [6, 6.07) is -1.97. The number of unbranched alkanes of at least 4 members (excludes halogenated alkanes) is 1. The van der Waals surface area contributed by atoms with E-state index in [1.165, 1.54) is 0 Å². The van der Waals surface area contributed by atoms with Crippen molar-refractivity contribution < 1.29 is 24.2 Å². The molecule has 1 atom stereocenters. The second-order valence-electron chi connectivity index (χ2n) is 3.91. The van der Waals surface area contributed by atoms with E-state index in [0.717, 1.165) is 6.42 Å². The maximum absolute atomic E-state index is 11.3. The standard InChI is InChI=1S/C11H21N3O5/c1-2-3-7-19-11(18)14-10(17)13-8(9(15)16)5-4-6-12/h8H,2-7,12H2,1H3,(H,15,16)(H2,13,14,17,18)/t8-/m0/s1. The Labute approximate surface area is 111 Å². The first-order valence-electron chi connectivity index (χ1n) is 6.18. The molecule has 8 nitrogen and oxygen atoms in total. The number of carboxylic acids is 1. The van der Waals surface area contributed by atoms with Crippen LogP contribution in [0.15, 0.2) is 0 Å². The highest BCUT2D eigenvalue weighted by Gasteiger charge is 2.20. The number of imide groups is 1. The summed E-state index contributed by atoms with van der Waals surface area (Å²) in [7, 11) is 0. The van der Waals surface area contributed by atoms with E-state index < -0.39 is 24.1 Å². The zero-order valence-corrected chi connectivity index (χ0v) is 11.0. The van der Waals surface area contributed by atoms with E-state index in [1.54, 1.807) is 0 Å². The predicted octanol–water partition coefficient (Wildman–Crippen LogP) is 0.414. The Morgan fingerprint density at radius 3 is 2.53 bits per heavy atom. The van der Waals surface area contributed by atoms with Gasteiger partial charge < -0.3 is 20.9 Å². The fraction of sp³-hybridized carbons (Fsp3) is 0.727. The molecule has 0 aromatic carbocycles. The van der Waals surface area contributed by atoms with Crippen molar-refractivity contribution in [1.82, 2.24) is 10.6 Å². The van der Waals surface area contributed by atoms with Gasteiger partial charge in [-0.25, -0.2) is 19.7 Å². The van der Waals surface area contributed by atoms with Gasteiger partial charge in [0.15, 0.2) is 0 Å². The topological polar surface area (TPSA) is 131 Å². The average molecular weight is 275 g/mol. The van der Waals surface area contributed by atoms with Gasteiger partial charge in [-0.3, -0.25) is 0 Å². The molecule has 0 aliphatic carbocycles. The van der Waals surface area contributed by atoms with Crippen LogP contribution in [0.3, 0.4) is 0 Å². The van der Waals surface area contributed by atoms with Gasteiger partial charge in [0, 0.05) is 0 Å². The lowest BCUT2D eigenvalue weighted by Crippen LogP contribution is -2.48. The number of carbonyl (C=O) groups excluding carboxylic acids is 2. The van der Waals surface area contributed by atoms with Crippen molar-refractivity contribution in [3.63, 3.8) is 0 Å². The maximum Gasteiger partial charge on any atom is 0.415 e. The van der Waals surface area contributed by atoms with Crippen LogP contribution < -0.4 is 16.4 Å². The van der Waals surface area contributed by atoms with Gasteiger partial charge >= 0.3 is 18.1 Å². The number of hydrogen-bond donors (Lipinski definition) is 4. The van der Waals surface area contributed by atoms with E-state index in [2.05, 4.69) is 5.32 Å². The quantitative estimate of drug-likeness (QED) is 0.475. The number of ether oxygens (including phenoxy) is 1. The Kier molecular flexibility index (Phi) is 9.15. The molecule has 110 valence electrons. The third kappa shape index (κ3) is 8.83. The molecular formula is C11H21N3O5. The highest BCUT2D eigenvalue weighted by atomic mass is 16.5. The molecule has 5 N–H and O–H groups in total. The predicted molar refractivity (Wildman–Crippen MR) is 67.6 cm³/mol. The molecule has 0 spiro atoms. The van der Waals surface area contributed by atoms with Crippen LogP contribution in [0.25, 0.3) is 0 Å². The van der Waals surface area contributed by atoms with Gasteiger partial charge in [-0.15, -0.1) is 0 Å². The molecular weight excluding hydrogens is 254 g/mol. The normalized spacial score (nSPS) is 11.5. The second-order valence-corrected chi connectivity index (χ2v) is 3.91. The molecule has 0 aliphatic rings. The molecule has 0 rings (SSSR count). The fourth-order valence-corrected chi connectivity index (χ4v) is 1.21. The van der Waals surface area contributed by atoms with Crippen LogP contribution in [-0.2, 0) is 9.53 Å². The van der Waals surface area contributed by atoms with Crippen molar-refractivity contribution in [2.45, 2.75) is 38.6 Å². The van der Waals surface area contributed by atoms with Crippen molar-refractivity contribution in [2.75, 3.05) is 13.2 Å². The zero-order chi connectivity index (χ0) is 14.7. The van der Waals surface area contributed by atoms with Crippen LogP contribution in [-0.4, -0.2) is 42.4 Å². The lowest BCUT2D eigenvalue weighted by atomic mass is 10.1. The van der Waals surface area contributed by atoms with Crippen molar-refractivity contribution >= 4 is 18.1 Å². The summed E-state index contributed by atoms with van der Waals surface area (Å²) in [5.41, 5.74) is 5.26. The molecule has 0 saturated heterocycles. The van der Waals surface area contributed by atoms with Crippen molar-refractivity contribution in [3.8, 4) is 0 Å². The van der Waals surface area contributed by atoms with E-state index >= 15 is 0 Å². The number of nitrogens with one attached hydrogen (secondary N) is 2. The van der Waals surface area contributed by atoms with Crippen molar-refractivity contribution in [3.05, 3.63) is 0 Å². The third-order valence-corrected chi connectivity index (χ3v) is 2.25. The van der Waals surface area contributed by atoms with Gasteiger partial charge in [0.05, 0.1) is 6.61 Å². The first-order valence-corrected chi connectivity index (χ1v) is 6.18. The van der Waals surface area contributed by atoms with Crippen LogP contribution in [0.1, 0.15) is 32.6 Å². The number of carbonyl (C=O) groups is 3. The molecule has 0 radical (unpaired) electrons. The number of hydrogen-bond acceptors (Lipinski definition) is 5. The first kappa shape index (κ1) is 17.2. The summed E-state index contributed by atoms with van der Waals surface area (Å²) in [6.45, 7) is 2.47. The summed E-state index contributed by atoms with van der Waals surface area (Å²) in [5, 5.41) is 12.9. The number of urea groups is 1. The highest BCUT2D eigenvalue weighted by Crippen LogP contribution is 1.96. The van der Waals surface area contributed by atoms with Gasteiger partial charge in [0.2, 0.25) is 0 Å². The van der Waals surface area contributed by atoms with Crippen molar-refractivity contribution in [1.29, 1.82) is 0 Å². The summed E-state index contributed by atoms with van der Waals surface area (Å²) in [4.78, 5) is 33.3. The minimum atomic E-state index is -1.18. The Bertz CT molecular complexity index is 309. The number of nitrogens with two attached hydrogens (primary N) is 1. The molecule has 0 bridgehead atoms.